The smallest absolute Gasteiger partial charge is 0.305 e. The first-order valence-corrected chi connectivity index (χ1v) is 34.6. The van der Waals surface area contributed by atoms with Crippen LogP contribution in [0.4, 0.5) is 0 Å². The first-order chi connectivity index (χ1) is 46.5. The Morgan fingerprint density at radius 1 is 0.551 bits per heavy atom. The van der Waals surface area contributed by atoms with Crippen molar-refractivity contribution in [2.45, 2.75) is 110 Å². The lowest BCUT2D eigenvalue weighted by molar-refractivity contribution is -0.141. The zero-order valence-corrected chi connectivity index (χ0v) is 56.9. The Labute approximate surface area is 557 Å². The molecule has 12 aromatic rings. The molecular formula is C65H66N12O18S3. The number of nitrogens with zero attached hydrogens (tertiary/aromatic N) is 9. The number of sulfone groups is 3. The van der Waals surface area contributed by atoms with Crippen LogP contribution in [-0.4, -0.2) is 155 Å². The van der Waals surface area contributed by atoms with Gasteiger partial charge in [-0.15, -0.1) is 15.3 Å². The minimum Gasteiger partial charge on any atom is -0.504 e. The Bertz CT molecular complexity index is 5710. The van der Waals surface area contributed by atoms with Gasteiger partial charge in [0, 0.05) is 31.7 Å². The summed E-state index contributed by atoms with van der Waals surface area (Å²) in [5.41, 5.74) is 3.35. The molecule has 0 aliphatic carbocycles. The molecule has 1 fully saturated rings. The molecule has 1 atom stereocenters. The van der Waals surface area contributed by atoms with Crippen LogP contribution < -0.4 is 30.9 Å². The summed E-state index contributed by atoms with van der Waals surface area (Å²) in [6.45, 7) is 15.8. The van der Waals surface area contributed by atoms with Crippen molar-refractivity contribution in [1.82, 2.24) is 59.4 Å². The Morgan fingerprint density at radius 2 is 0.980 bits per heavy atom. The van der Waals surface area contributed by atoms with Crippen LogP contribution >= 0.6 is 0 Å². The van der Waals surface area contributed by atoms with E-state index in [4.69, 9.17) is 28.4 Å². The molecule has 7 heterocycles. The van der Waals surface area contributed by atoms with Crippen molar-refractivity contribution in [1.29, 1.82) is 0 Å². The lowest BCUT2D eigenvalue weighted by Gasteiger charge is -2.17. The number of carbonyl (C=O) groups is 1. The monoisotopic (exact) mass is 1400 g/mol. The Kier molecular flexibility index (Phi) is 19.1. The molecule has 6 aromatic heterocycles. The van der Waals surface area contributed by atoms with Crippen LogP contribution in [0, 0.1) is 41.5 Å². The summed E-state index contributed by atoms with van der Waals surface area (Å²) in [4.78, 5) is 61.4. The molecule has 1 aliphatic heterocycles. The third-order valence-electron chi connectivity index (χ3n) is 15.7. The maximum atomic E-state index is 13.4. The summed E-state index contributed by atoms with van der Waals surface area (Å²) < 4.78 is 122. The standard InChI is InChI=1S/C23H24N4O6S.C22H22N4O6S.C20H20N4O6S/c1-13-5-8-19(14(2)9-13)34(29,30)22-20-24-21(28)17-7-6-15(10-18(17)27(20)26-25-22)31-11-16-12-32-23(3,4)33-16;1-13-6-9-18(14(2)11-13)33(29,30)22-20-23-21(28)16-8-7-15(12-17(16)26(20)25-24-22)32-10-4-5-19(27)31-3;1-11-4-5-17(12(2)8-11)31(27,28)20-18-21-19(26)13-9-15(25)16(30-7-6-29-3)10-14(13)24(18)23-22-20/h5-10,16,26H,11-12H2,1-4H3;6-9,11-12,25H,4-5,10H2,1-3H3;4-5,8-10,23,25H,6-7H2,1-3H3. The van der Waals surface area contributed by atoms with Gasteiger partial charge >= 0.3 is 5.97 Å². The number of aromatic amines is 3. The van der Waals surface area contributed by atoms with E-state index < -0.39 is 52.0 Å². The average molecular weight is 1400 g/mol. The predicted octanol–water partition coefficient (Wildman–Crippen LogP) is 6.65. The second-order valence-electron chi connectivity index (χ2n) is 23.4. The highest BCUT2D eigenvalue weighted by atomic mass is 32.2. The first-order valence-electron chi connectivity index (χ1n) is 30.2. The lowest BCUT2D eigenvalue weighted by Crippen LogP contribution is -2.25. The number of esters is 1. The van der Waals surface area contributed by atoms with Gasteiger partial charge in [-0.3, -0.25) is 19.2 Å². The van der Waals surface area contributed by atoms with Crippen molar-refractivity contribution in [3.05, 3.63) is 168 Å². The summed E-state index contributed by atoms with van der Waals surface area (Å²) in [6.07, 6.45) is 0.448. The average Bonchev–Trinajstić information content (AvgIpc) is 1.55. The van der Waals surface area contributed by atoms with Gasteiger partial charge in [-0.25, -0.2) is 54.4 Å². The number of hydrogen-bond acceptors (Lipinski definition) is 24. The number of H-pyrrole nitrogens is 3. The topological polar surface area (TPSA) is 393 Å². The molecule has 98 heavy (non-hydrogen) atoms. The van der Waals surface area contributed by atoms with Crippen LogP contribution in [0.1, 0.15) is 60.1 Å². The van der Waals surface area contributed by atoms with Gasteiger partial charge in [0.25, 0.3) is 16.7 Å². The molecule has 33 heteroatoms. The molecule has 512 valence electrons. The van der Waals surface area contributed by atoms with Crippen LogP contribution in [0.15, 0.2) is 147 Å². The van der Waals surface area contributed by atoms with Gasteiger partial charge in [0.2, 0.25) is 44.6 Å². The molecule has 0 amide bonds. The van der Waals surface area contributed by atoms with Crippen molar-refractivity contribution >= 4 is 85.1 Å². The van der Waals surface area contributed by atoms with Crippen LogP contribution in [-0.2, 0) is 53.3 Å². The normalized spacial score (nSPS) is 14.0. The van der Waals surface area contributed by atoms with E-state index in [1.807, 2.05) is 34.6 Å². The van der Waals surface area contributed by atoms with Gasteiger partial charge in [0.1, 0.15) is 30.8 Å². The maximum Gasteiger partial charge on any atom is 0.305 e. The summed E-state index contributed by atoms with van der Waals surface area (Å²) in [7, 11) is -9.27. The zero-order valence-electron chi connectivity index (χ0n) is 54.5. The van der Waals surface area contributed by atoms with E-state index in [-0.39, 0.29) is 113 Å². The fourth-order valence-electron chi connectivity index (χ4n) is 11.0. The van der Waals surface area contributed by atoms with Gasteiger partial charge in [-0.05, 0) is 127 Å². The van der Waals surface area contributed by atoms with Crippen LogP contribution in [0.3, 0.4) is 0 Å². The summed E-state index contributed by atoms with van der Waals surface area (Å²) in [5, 5.41) is 29.7. The fourth-order valence-corrected chi connectivity index (χ4v) is 15.5. The molecule has 13 rings (SSSR count). The molecule has 0 radical (unpaired) electrons. The molecule has 6 aromatic carbocycles. The van der Waals surface area contributed by atoms with Gasteiger partial charge < -0.3 is 38.3 Å². The molecule has 1 aliphatic rings. The Morgan fingerprint density at radius 3 is 1.39 bits per heavy atom. The van der Waals surface area contributed by atoms with Gasteiger partial charge in [-0.1, -0.05) is 53.1 Å². The number of rotatable bonds is 18. The second-order valence-corrected chi connectivity index (χ2v) is 28.9. The third kappa shape index (κ3) is 13.7. The number of ether oxygens (including phenoxy) is 7. The van der Waals surface area contributed by atoms with E-state index in [0.717, 1.165) is 16.7 Å². The number of nitrogens with one attached hydrogen (secondary N) is 3. The van der Waals surface area contributed by atoms with E-state index in [0.29, 0.717) is 64.2 Å². The minimum absolute atomic E-state index is 0.0770. The van der Waals surface area contributed by atoms with Crippen molar-refractivity contribution in [2.24, 2.45) is 0 Å². The predicted molar refractivity (Wildman–Crippen MR) is 354 cm³/mol. The van der Waals surface area contributed by atoms with E-state index in [9.17, 15) is 49.5 Å². The molecule has 4 N–H and O–H groups in total. The Hall–Kier alpha value is -10.5. The van der Waals surface area contributed by atoms with Gasteiger partial charge in [0.05, 0.1) is 74.3 Å². The molecule has 0 saturated carbocycles. The SMILES string of the molecule is COC(=O)CCCOc1ccc2c(=O)nc3c(S(=O)(=O)c4ccc(C)cc4C)n[nH]n3c2c1.COCCOc1cc2c(cc1O)c(=O)nc1c(S(=O)(=O)c3ccc(C)cc3C)n[nH]n12.Cc1ccc(S(=O)(=O)c2n[nH]n3c2nc(=O)c2ccc(OCC4COC(C)(C)O4)cc23)c(C)c1. The number of phenols is 1. The van der Waals surface area contributed by atoms with Crippen LogP contribution in [0.5, 0.6) is 23.0 Å². The van der Waals surface area contributed by atoms with Gasteiger partial charge in [-0.2, -0.15) is 15.0 Å². The summed E-state index contributed by atoms with van der Waals surface area (Å²) in [6, 6.07) is 27.2. The maximum absolute atomic E-state index is 13.4. The van der Waals surface area contributed by atoms with Crippen LogP contribution in [0.25, 0.3) is 49.7 Å². The fraction of sp³-hybridized carbons (Fsp3) is 0.292. The molecule has 1 unspecified atom stereocenters. The third-order valence-corrected chi connectivity index (χ3v) is 21.2. The number of methoxy groups -OCH3 is 2. The minimum atomic E-state index is -4.05. The lowest BCUT2D eigenvalue weighted by atomic mass is 10.2. The number of fused-ring (bicyclic) bond motifs is 9. The largest absolute Gasteiger partial charge is 0.504 e. The summed E-state index contributed by atoms with van der Waals surface area (Å²) >= 11 is 0. The van der Waals surface area contributed by atoms with Crippen LogP contribution in [0.2, 0.25) is 0 Å². The number of aryl methyl sites for hydroxylation is 6. The number of aromatic hydroxyl groups is 1. The molecule has 1 saturated heterocycles. The zero-order chi connectivity index (χ0) is 70.3. The Balaban J connectivity index is 0.000000149. The number of hydrogen-bond donors (Lipinski definition) is 4. The van der Waals surface area contributed by atoms with E-state index in [1.54, 1.807) is 93.6 Å². The first kappa shape index (κ1) is 68.9. The van der Waals surface area contributed by atoms with E-state index >= 15 is 0 Å². The van der Waals surface area contributed by atoms with E-state index in [2.05, 4.69) is 50.6 Å². The quantitative estimate of drug-likeness (QED) is 0.0515. The number of carbonyl (C=O) groups excluding carboxylic acids is 1. The molecular weight excluding hydrogens is 1330 g/mol. The number of aromatic nitrogens is 12. The second kappa shape index (κ2) is 27.2. The number of phenolic OH excluding ortho intramolecular Hbond substituents is 1. The van der Waals surface area contributed by atoms with Crippen molar-refractivity contribution in [3.8, 4) is 23.0 Å². The van der Waals surface area contributed by atoms with Gasteiger partial charge in [0.15, 0.2) is 34.2 Å². The molecule has 0 spiro atoms. The summed E-state index contributed by atoms with van der Waals surface area (Å²) in [5.74, 6) is -0.196. The molecule has 30 nitrogen and oxygen atoms in total. The van der Waals surface area contributed by atoms with Crippen molar-refractivity contribution in [3.63, 3.8) is 0 Å². The van der Waals surface area contributed by atoms with Crippen molar-refractivity contribution < 1.29 is 68.3 Å². The van der Waals surface area contributed by atoms with E-state index in [1.165, 1.54) is 58.1 Å². The highest BCUT2D eigenvalue weighted by molar-refractivity contribution is 7.92. The highest BCUT2D eigenvalue weighted by Crippen LogP contribution is 2.34. The van der Waals surface area contributed by atoms with Crippen molar-refractivity contribution in [2.75, 3.05) is 47.3 Å². The highest BCUT2D eigenvalue weighted by Gasteiger charge is 2.34. The number of benzene rings is 6. The molecule has 0 bridgehead atoms.